The number of halogens is 2. The second-order valence-electron chi connectivity index (χ2n) is 3.56. The Kier molecular flexibility index (Phi) is 5.50. The standard InChI is InChI=1S/C13H14BrFO3/c1-2-18-12(17)13(14,15)11(16)9-8-10-6-4-3-5-7-10/h3-9,11,16H,2H2,1H3/b9-8+/t11-,13-/m1/s1. The smallest absolute Gasteiger partial charge is 0.358 e. The summed E-state index contributed by atoms with van der Waals surface area (Å²) < 4.78 is 15.8. The van der Waals surface area contributed by atoms with Gasteiger partial charge in [0.2, 0.25) is 0 Å². The summed E-state index contributed by atoms with van der Waals surface area (Å²) in [4.78, 5) is 11.3. The lowest BCUT2D eigenvalue weighted by atomic mass is 10.1. The molecular weight excluding hydrogens is 303 g/mol. The van der Waals surface area contributed by atoms with Gasteiger partial charge in [-0.05, 0) is 28.4 Å². The summed E-state index contributed by atoms with van der Waals surface area (Å²) in [7, 11) is 0. The molecule has 3 nitrogen and oxygen atoms in total. The van der Waals surface area contributed by atoms with E-state index in [0.717, 1.165) is 5.56 Å². The van der Waals surface area contributed by atoms with Crippen molar-refractivity contribution in [1.29, 1.82) is 0 Å². The van der Waals surface area contributed by atoms with Crippen LogP contribution >= 0.6 is 15.9 Å². The molecule has 1 N–H and O–H groups in total. The van der Waals surface area contributed by atoms with Crippen LogP contribution in [0, 0.1) is 0 Å². The average molecular weight is 317 g/mol. The number of esters is 1. The van der Waals surface area contributed by atoms with Crippen molar-refractivity contribution in [1.82, 2.24) is 0 Å². The molecule has 1 aromatic carbocycles. The van der Waals surface area contributed by atoms with Crippen molar-refractivity contribution in [2.75, 3.05) is 6.61 Å². The van der Waals surface area contributed by atoms with E-state index >= 15 is 0 Å². The minimum absolute atomic E-state index is 0.0468. The predicted molar refractivity (Wildman–Crippen MR) is 70.9 cm³/mol. The van der Waals surface area contributed by atoms with Crippen LogP contribution in [0.2, 0.25) is 0 Å². The molecule has 0 saturated carbocycles. The second-order valence-corrected chi connectivity index (χ2v) is 4.71. The van der Waals surface area contributed by atoms with E-state index in [2.05, 4.69) is 20.7 Å². The Bertz CT molecular complexity index is 418. The van der Waals surface area contributed by atoms with Gasteiger partial charge in [0.1, 0.15) is 6.10 Å². The first-order valence-corrected chi connectivity index (χ1v) is 6.24. The van der Waals surface area contributed by atoms with E-state index < -0.39 is 16.7 Å². The van der Waals surface area contributed by atoms with E-state index in [0.29, 0.717) is 0 Å². The molecule has 5 heteroatoms. The Morgan fingerprint density at radius 3 is 2.72 bits per heavy atom. The summed E-state index contributed by atoms with van der Waals surface area (Å²) in [6.07, 6.45) is 1.09. The molecule has 0 saturated heterocycles. The van der Waals surface area contributed by atoms with Crippen LogP contribution in [0.3, 0.4) is 0 Å². The van der Waals surface area contributed by atoms with Gasteiger partial charge in [0.05, 0.1) is 6.61 Å². The van der Waals surface area contributed by atoms with Crippen LogP contribution in [0.25, 0.3) is 6.08 Å². The molecule has 0 fully saturated rings. The number of alkyl halides is 2. The van der Waals surface area contributed by atoms with Crippen molar-refractivity contribution >= 4 is 28.0 Å². The third-order valence-electron chi connectivity index (χ3n) is 2.19. The number of benzene rings is 1. The van der Waals surface area contributed by atoms with Crippen LogP contribution in [0.5, 0.6) is 0 Å². The van der Waals surface area contributed by atoms with Gasteiger partial charge < -0.3 is 9.84 Å². The summed E-state index contributed by atoms with van der Waals surface area (Å²) in [5.74, 6) is -1.14. The first-order valence-electron chi connectivity index (χ1n) is 5.44. The maximum absolute atomic E-state index is 13.9. The van der Waals surface area contributed by atoms with Gasteiger partial charge in [0.25, 0.3) is 4.58 Å². The topological polar surface area (TPSA) is 46.5 Å². The van der Waals surface area contributed by atoms with Crippen molar-refractivity contribution in [2.45, 2.75) is 17.6 Å². The molecule has 98 valence electrons. The maximum Gasteiger partial charge on any atom is 0.358 e. The van der Waals surface area contributed by atoms with E-state index in [1.807, 2.05) is 18.2 Å². The molecule has 0 spiro atoms. The minimum Gasteiger partial charge on any atom is -0.463 e. The maximum atomic E-state index is 13.9. The van der Waals surface area contributed by atoms with Crippen LogP contribution in [-0.2, 0) is 9.53 Å². The number of aliphatic hydroxyl groups excluding tert-OH is 1. The van der Waals surface area contributed by atoms with E-state index in [-0.39, 0.29) is 6.61 Å². The van der Waals surface area contributed by atoms with Crippen LogP contribution < -0.4 is 0 Å². The van der Waals surface area contributed by atoms with Gasteiger partial charge >= 0.3 is 5.97 Å². The largest absolute Gasteiger partial charge is 0.463 e. The van der Waals surface area contributed by atoms with Gasteiger partial charge in [-0.1, -0.05) is 42.5 Å². The molecule has 18 heavy (non-hydrogen) atoms. The lowest BCUT2D eigenvalue weighted by molar-refractivity contribution is -0.154. The Morgan fingerprint density at radius 2 is 2.17 bits per heavy atom. The number of rotatable bonds is 5. The van der Waals surface area contributed by atoms with Crippen LogP contribution in [0.1, 0.15) is 12.5 Å². The van der Waals surface area contributed by atoms with Crippen molar-refractivity contribution in [3.8, 4) is 0 Å². The quantitative estimate of drug-likeness (QED) is 0.671. The molecule has 0 aliphatic heterocycles. The molecule has 2 atom stereocenters. The third kappa shape index (κ3) is 3.92. The van der Waals surface area contributed by atoms with Gasteiger partial charge in [-0.3, -0.25) is 0 Å². The van der Waals surface area contributed by atoms with Gasteiger partial charge in [0.15, 0.2) is 0 Å². The number of ether oxygens (including phenoxy) is 1. The zero-order valence-corrected chi connectivity index (χ0v) is 11.4. The fourth-order valence-electron chi connectivity index (χ4n) is 1.24. The summed E-state index contributed by atoms with van der Waals surface area (Å²) in [5, 5.41) is 9.63. The Hall–Kier alpha value is -1.20. The number of carbonyl (C=O) groups excluding carboxylic acids is 1. The molecule has 0 aromatic heterocycles. The number of hydrogen-bond acceptors (Lipinski definition) is 3. The molecule has 0 aliphatic rings. The highest BCUT2D eigenvalue weighted by molar-refractivity contribution is 9.10. The number of carbonyl (C=O) groups is 1. The number of hydrogen-bond donors (Lipinski definition) is 1. The predicted octanol–water partition coefficient (Wildman–Crippen LogP) is 2.68. The first-order chi connectivity index (χ1) is 8.48. The van der Waals surface area contributed by atoms with Gasteiger partial charge in [-0.25, -0.2) is 9.18 Å². The van der Waals surface area contributed by atoms with Crippen LogP contribution in [-0.4, -0.2) is 28.4 Å². The number of aliphatic hydroxyl groups is 1. The van der Waals surface area contributed by atoms with E-state index in [9.17, 15) is 14.3 Å². The van der Waals surface area contributed by atoms with E-state index in [4.69, 9.17) is 0 Å². The summed E-state index contributed by atoms with van der Waals surface area (Å²) in [6, 6.07) is 9.06. The normalized spacial score (nSPS) is 16.2. The van der Waals surface area contributed by atoms with Crippen LogP contribution in [0.15, 0.2) is 36.4 Å². The highest BCUT2D eigenvalue weighted by Crippen LogP contribution is 2.27. The molecule has 0 unspecified atom stereocenters. The lowest BCUT2D eigenvalue weighted by Crippen LogP contribution is -2.40. The summed E-state index contributed by atoms with van der Waals surface area (Å²) in [6.45, 7) is 1.61. The van der Waals surface area contributed by atoms with Gasteiger partial charge in [0, 0.05) is 0 Å². The van der Waals surface area contributed by atoms with Crippen LogP contribution in [0.4, 0.5) is 4.39 Å². The molecule has 0 amide bonds. The molecule has 0 heterocycles. The Balaban J connectivity index is 2.72. The zero-order chi connectivity index (χ0) is 13.6. The highest BCUT2D eigenvalue weighted by atomic mass is 79.9. The Morgan fingerprint density at radius 1 is 1.56 bits per heavy atom. The van der Waals surface area contributed by atoms with Crippen molar-refractivity contribution < 1.29 is 19.0 Å². The Labute approximate surface area is 113 Å². The molecule has 1 aromatic rings. The van der Waals surface area contributed by atoms with E-state index in [1.165, 1.54) is 12.2 Å². The lowest BCUT2D eigenvalue weighted by Gasteiger charge is -2.19. The molecule has 0 radical (unpaired) electrons. The molecular formula is C13H14BrFO3. The minimum atomic E-state index is -2.63. The summed E-state index contributed by atoms with van der Waals surface area (Å²) >= 11 is 2.54. The third-order valence-corrected chi connectivity index (χ3v) is 2.98. The van der Waals surface area contributed by atoms with Gasteiger partial charge in [-0.2, -0.15) is 0 Å². The fourth-order valence-corrected chi connectivity index (χ4v) is 1.50. The van der Waals surface area contributed by atoms with E-state index in [1.54, 1.807) is 19.1 Å². The molecule has 1 rings (SSSR count). The van der Waals surface area contributed by atoms with Crippen molar-refractivity contribution in [3.63, 3.8) is 0 Å². The second kappa shape index (κ2) is 6.66. The SMILES string of the molecule is CCOC(=O)[C@@](F)(Br)[C@H](O)/C=C/c1ccccc1. The monoisotopic (exact) mass is 316 g/mol. The van der Waals surface area contributed by atoms with Crippen molar-refractivity contribution in [2.24, 2.45) is 0 Å². The highest BCUT2D eigenvalue weighted by Gasteiger charge is 2.43. The average Bonchev–Trinajstić information content (AvgIpc) is 2.37. The fraction of sp³-hybridized carbons (Fsp3) is 0.308. The molecule has 0 aliphatic carbocycles. The first kappa shape index (κ1) is 14.9. The zero-order valence-electron chi connectivity index (χ0n) is 9.85. The molecule has 0 bridgehead atoms. The van der Waals surface area contributed by atoms with Gasteiger partial charge in [-0.15, -0.1) is 0 Å². The van der Waals surface area contributed by atoms with Crippen molar-refractivity contribution in [3.05, 3.63) is 42.0 Å². The summed E-state index contributed by atoms with van der Waals surface area (Å²) in [5.41, 5.74) is 0.795.